The van der Waals surface area contributed by atoms with Gasteiger partial charge in [-0.2, -0.15) is 0 Å². The summed E-state index contributed by atoms with van der Waals surface area (Å²) in [5.41, 5.74) is 1.07. The topological polar surface area (TPSA) is 18.5 Å². The number of benzene rings is 1. The molecule has 0 fully saturated rings. The minimum Gasteiger partial charge on any atom is -0.496 e. The molecule has 0 aromatic heterocycles. The number of rotatable bonds is 5. The van der Waals surface area contributed by atoms with E-state index in [9.17, 15) is 0 Å². The molecule has 1 aromatic rings. The Bertz CT molecular complexity index is 312. The van der Waals surface area contributed by atoms with Crippen molar-refractivity contribution in [2.45, 2.75) is 25.5 Å². The van der Waals surface area contributed by atoms with Gasteiger partial charge < -0.3 is 9.47 Å². The SMILES string of the molecule is CCOc1ccc(C([S])CC)c(OC)c1. The van der Waals surface area contributed by atoms with Crippen LogP contribution < -0.4 is 9.47 Å². The molecule has 0 saturated heterocycles. The number of methoxy groups -OCH3 is 1. The van der Waals surface area contributed by atoms with Gasteiger partial charge in [0.2, 0.25) is 0 Å². The van der Waals surface area contributed by atoms with E-state index in [0.29, 0.717) is 6.61 Å². The molecule has 0 bridgehead atoms. The Labute approximate surface area is 97.0 Å². The molecule has 0 aliphatic rings. The summed E-state index contributed by atoms with van der Waals surface area (Å²) in [6.45, 7) is 4.70. The lowest BCUT2D eigenvalue weighted by atomic mass is 10.1. The van der Waals surface area contributed by atoms with Crippen LogP contribution >= 0.6 is 12.6 Å². The largest absolute Gasteiger partial charge is 0.496 e. The lowest BCUT2D eigenvalue weighted by molar-refractivity contribution is 0.335. The summed E-state index contributed by atoms with van der Waals surface area (Å²) < 4.78 is 10.7. The van der Waals surface area contributed by atoms with E-state index in [0.717, 1.165) is 23.5 Å². The average molecular weight is 225 g/mol. The van der Waals surface area contributed by atoms with Crippen molar-refractivity contribution in [3.8, 4) is 11.5 Å². The van der Waals surface area contributed by atoms with Crippen LogP contribution in [0.15, 0.2) is 18.2 Å². The van der Waals surface area contributed by atoms with Crippen molar-refractivity contribution in [3.05, 3.63) is 23.8 Å². The van der Waals surface area contributed by atoms with Gasteiger partial charge in [-0.15, -0.1) is 0 Å². The fraction of sp³-hybridized carbons (Fsp3) is 0.500. The third-order valence-electron chi connectivity index (χ3n) is 2.23. The van der Waals surface area contributed by atoms with Crippen LogP contribution in [0.1, 0.15) is 31.1 Å². The highest BCUT2D eigenvalue weighted by Crippen LogP contribution is 2.34. The van der Waals surface area contributed by atoms with Crippen LogP contribution in [0.5, 0.6) is 11.5 Å². The molecule has 0 saturated carbocycles. The molecule has 0 spiro atoms. The quantitative estimate of drug-likeness (QED) is 0.760. The normalized spacial score (nSPS) is 12.3. The van der Waals surface area contributed by atoms with Gasteiger partial charge in [-0.3, -0.25) is 0 Å². The molecule has 83 valence electrons. The summed E-state index contributed by atoms with van der Waals surface area (Å²) in [7, 11) is 1.66. The van der Waals surface area contributed by atoms with Gasteiger partial charge in [0, 0.05) is 16.9 Å². The number of hydrogen-bond donors (Lipinski definition) is 0. The smallest absolute Gasteiger partial charge is 0.126 e. The Morgan fingerprint density at radius 1 is 1.33 bits per heavy atom. The van der Waals surface area contributed by atoms with E-state index in [1.54, 1.807) is 7.11 Å². The highest BCUT2D eigenvalue weighted by Gasteiger charge is 2.11. The van der Waals surface area contributed by atoms with Crippen LogP contribution in [0.3, 0.4) is 0 Å². The Hall–Kier alpha value is -0.830. The zero-order valence-electron chi connectivity index (χ0n) is 9.45. The van der Waals surface area contributed by atoms with Gasteiger partial charge in [0.25, 0.3) is 0 Å². The molecule has 1 radical (unpaired) electrons. The van der Waals surface area contributed by atoms with Gasteiger partial charge in [0.05, 0.1) is 13.7 Å². The predicted molar refractivity (Wildman–Crippen MR) is 64.8 cm³/mol. The third kappa shape index (κ3) is 3.06. The molecule has 1 atom stereocenters. The zero-order chi connectivity index (χ0) is 11.3. The van der Waals surface area contributed by atoms with Crippen molar-refractivity contribution in [1.29, 1.82) is 0 Å². The number of hydrogen-bond acceptors (Lipinski definition) is 2. The maximum atomic E-state index is 5.40. The first-order valence-electron chi connectivity index (χ1n) is 5.19. The Morgan fingerprint density at radius 3 is 2.60 bits per heavy atom. The van der Waals surface area contributed by atoms with Crippen LogP contribution in [0.25, 0.3) is 0 Å². The Balaban J connectivity index is 2.98. The van der Waals surface area contributed by atoms with E-state index in [1.807, 2.05) is 25.1 Å². The van der Waals surface area contributed by atoms with Crippen molar-refractivity contribution in [1.82, 2.24) is 0 Å². The van der Waals surface area contributed by atoms with Crippen molar-refractivity contribution >= 4 is 12.6 Å². The van der Waals surface area contributed by atoms with E-state index in [1.165, 1.54) is 0 Å². The van der Waals surface area contributed by atoms with Crippen molar-refractivity contribution in [2.75, 3.05) is 13.7 Å². The standard InChI is InChI=1S/C12H17O2S/c1-4-12(15)10-7-6-9(14-5-2)8-11(10)13-3/h6-8,12H,4-5H2,1-3H3. The first kappa shape index (κ1) is 12.2. The van der Waals surface area contributed by atoms with Crippen molar-refractivity contribution < 1.29 is 9.47 Å². The van der Waals surface area contributed by atoms with Crippen LogP contribution in [-0.4, -0.2) is 13.7 Å². The van der Waals surface area contributed by atoms with E-state index in [4.69, 9.17) is 22.1 Å². The third-order valence-corrected chi connectivity index (χ3v) is 2.82. The molecule has 3 heteroatoms. The highest BCUT2D eigenvalue weighted by atomic mass is 32.1. The summed E-state index contributed by atoms with van der Waals surface area (Å²) in [5.74, 6) is 1.65. The molecular formula is C12H17O2S. The van der Waals surface area contributed by atoms with Crippen LogP contribution in [-0.2, 0) is 0 Å². The van der Waals surface area contributed by atoms with Crippen LogP contribution in [0, 0.1) is 0 Å². The Kier molecular flexibility index (Phi) is 4.82. The van der Waals surface area contributed by atoms with Crippen molar-refractivity contribution in [3.63, 3.8) is 0 Å². The van der Waals surface area contributed by atoms with Gasteiger partial charge in [-0.05, 0) is 19.4 Å². The summed E-state index contributed by atoms with van der Waals surface area (Å²) in [6.07, 6.45) is 0.930. The number of ether oxygens (including phenoxy) is 2. The maximum absolute atomic E-state index is 5.40. The lowest BCUT2D eigenvalue weighted by Crippen LogP contribution is -1.97. The molecular weight excluding hydrogens is 208 g/mol. The molecule has 1 unspecified atom stereocenters. The van der Waals surface area contributed by atoms with Gasteiger partial charge in [-0.1, -0.05) is 25.6 Å². The Morgan fingerprint density at radius 2 is 2.07 bits per heavy atom. The molecule has 1 aromatic carbocycles. The zero-order valence-corrected chi connectivity index (χ0v) is 10.3. The molecule has 0 amide bonds. The lowest BCUT2D eigenvalue weighted by Gasteiger charge is -2.14. The minimum atomic E-state index is 0.107. The van der Waals surface area contributed by atoms with Gasteiger partial charge in [0.1, 0.15) is 11.5 Å². The summed E-state index contributed by atoms with van der Waals surface area (Å²) >= 11 is 5.35. The molecule has 1 rings (SSSR count). The summed E-state index contributed by atoms with van der Waals surface area (Å²) in [4.78, 5) is 0. The monoisotopic (exact) mass is 225 g/mol. The van der Waals surface area contributed by atoms with E-state index in [-0.39, 0.29) is 5.25 Å². The second kappa shape index (κ2) is 5.91. The highest BCUT2D eigenvalue weighted by molar-refractivity contribution is 7.80. The molecule has 0 N–H and O–H groups in total. The summed E-state index contributed by atoms with van der Waals surface area (Å²) in [6, 6.07) is 5.83. The van der Waals surface area contributed by atoms with E-state index >= 15 is 0 Å². The predicted octanol–water partition coefficient (Wildman–Crippen LogP) is 3.74. The fourth-order valence-corrected chi connectivity index (χ4v) is 1.63. The van der Waals surface area contributed by atoms with E-state index < -0.39 is 0 Å². The molecule has 0 heterocycles. The first-order valence-corrected chi connectivity index (χ1v) is 5.66. The molecule has 0 aliphatic heterocycles. The van der Waals surface area contributed by atoms with Crippen LogP contribution in [0.2, 0.25) is 0 Å². The first-order chi connectivity index (χ1) is 7.22. The average Bonchev–Trinajstić information content (AvgIpc) is 2.28. The molecule has 15 heavy (non-hydrogen) atoms. The van der Waals surface area contributed by atoms with E-state index in [2.05, 4.69) is 6.92 Å². The van der Waals surface area contributed by atoms with Crippen molar-refractivity contribution in [2.24, 2.45) is 0 Å². The second-order valence-corrected chi connectivity index (χ2v) is 3.80. The van der Waals surface area contributed by atoms with Crippen LogP contribution in [0.4, 0.5) is 0 Å². The van der Waals surface area contributed by atoms with Gasteiger partial charge in [-0.25, -0.2) is 0 Å². The molecule has 2 nitrogen and oxygen atoms in total. The minimum absolute atomic E-state index is 0.107. The maximum Gasteiger partial charge on any atom is 0.126 e. The fourth-order valence-electron chi connectivity index (χ4n) is 1.43. The summed E-state index contributed by atoms with van der Waals surface area (Å²) in [5, 5.41) is 0.107. The molecule has 0 aliphatic carbocycles. The van der Waals surface area contributed by atoms with Gasteiger partial charge in [0.15, 0.2) is 0 Å². The van der Waals surface area contributed by atoms with Gasteiger partial charge >= 0.3 is 0 Å². The second-order valence-electron chi connectivity index (χ2n) is 3.23.